The highest BCUT2D eigenvalue weighted by atomic mass is 32.1. The molecule has 0 saturated carbocycles. The summed E-state index contributed by atoms with van der Waals surface area (Å²) in [5.74, 6) is 0.175. The Morgan fingerprint density at radius 3 is 2.88 bits per heavy atom. The summed E-state index contributed by atoms with van der Waals surface area (Å²) >= 11 is 1.74. The molecule has 1 fully saturated rings. The lowest BCUT2D eigenvalue weighted by molar-refractivity contribution is -0.121. The van der Waals surface area contributed by atoms with Gasteiger partial charge in [0.05, 0.1) is 15.2 Å². The van der Waals surface area contributed by atoms with Gasteiger partial charge in [-0.05, 0) is 57.3 Å². The molecule has 4 nitrogen and oxygen atoms in total. The summed E-state index contributed by atoms with van der Waals surface area (Å²) in [5, 5.41) is 4.26. The molecule has 2 aromatic rings. The summed E-state index contributed by atoms with van der Waals surface area (Å²) < 4.78 is 1.23. The second-order valence-corrected chi connectivity index (χ2v) is 7.65. The van der Waals surface area contributed by atoms with Crippen LogP contribution in [0.1, 0.15) is 44.0 Å². The van der Waals surface area contributed by atoms with E-state index in [1.54, 1.807) is 11.3 Å². The number of nitrogens with zero attached hydrogens (tertiary/aromatic N) is 2. The van der Waals surface area contributed by atoms with Gasteiger partial charge in [0.2, 0.25) is 5.91 Å². The summed E-state index contributed by atoms with van der Waals surface area (Å²) in [4.78, 5) is 19.2. The zero-order chi connectivity index (χ0) is 16.8. The summed E-state index contributed by atoms with van der Waals surface area (Å²) in [6.45, 7) is 5.37. The number of aryl methyl sites for hydroxylation is 1. The van der Waals surface area contributed by atoms with Crippen molar-refractivity contribution >= 4 is 27.5 Å². The van der Waals surface area contributed by atoms with E-state index >= 15 is 0 Å². The molecule has 1 aliphatic heterocycles. The molecule has 1 N–H and O–H groups in total. The van der Waals surface area contributed by atoms with Gasteiger partial charge in [-0.3, -0.25) is 9.69 Å². The van der Waals surface area contributed by atoms with Gasteiger partial charge < -0.3 is 5.32 Å². The highest BCUT2D eigenvalue weighted by Gasteiger charge is 2.20. The van der Waals surface area contributed by atoms with E-state index in [1.807, 2.05) is 18.2 Å². The minimum Gasteiger partial charge on any atom is -0.355 e. The Morgan fingerprint density at radius 1 is 1.33 bits per heavy atom. The van der Waals surface area contributed by atoms with Crippen molar-refractivity contribution in [3.05, 3.63) is 29.3 Å². The molecule has 1 unspecified atom stereocenters. The van der Waals surface area contributed by atoms with Crippen LogP contribution in [-0.2, 0) is 11.2 Å². The maximum atomic E-state index is 12.1. The number of para-hydroxylation sites is 1. The summed E-state index contributed by atoms with van der Waals surface area (Å²) in [6.07, 6.45) is 6.04. The Kier molecular flexibility index (Phi) is 6.21. The highest BCUT2D eigenvalue weighted by Crippen LogP contribution is 2.22. The molecule has 0 aliphatic carbocycles. The van der Waals surface area contributed by atoms with E-state index in [1.165, 1.54) is 30.6 Å². The fraction of sp³-hybridized carbons (Fsp3) is 0.579. The zero-order valence-electron chi connectivity index (χ0n) is 14.5. The molecule has 1 aromatic carbocycles. The maximum Gasteiger partial charge on any atom is 0.220 e. The Balaban J connectivity index is 1.39. The second-order valence-electron chi connectivity index (χ2n) is 6.54. The monoisotopic (exact) mass is 345 g/mol. The van der Waals surface area contributed by atoms with Crippen LogP contribution < -0.4 is 5.32 Å². The smallest absolute Gasteiger partial charge is 0.220 e. The van der Waals surface area contributed by atoms with Gasteiger partial charge in [-0.25, -0.2) is 4.98 Å². The average Bonchev–Trinajstić information content (AvgIpc) is 3.24. The van der Waals surface area contributed by atoms with Gasteiger partial charge in [0.15, 0.2) is 0 Å². The standard InChI is InChI=1S/C19H27N3OS/c1-2-15(22-12-5-6-13-22)14-20-18(23)10-7-11-19-21-16-8-3-4-9-17(16)24-19/h3-4,8-9,15H,2,5-7,10-14H2,1H3,(H,20,23). The minimum absolute atomic E-state index is 0.175. The fourth-order valence-electron chi connectivity index (χ4n) is 3.39. The number of amides is 1. The third-order valence-corrected chi connectivity index (χ3v) is 5.89. The van der Waals surface area contributed by atoms with Crippen molar-refractivity contribution < 1.29 is 4.79 Å². The van der Waals surface area contributed by atoms with Gasteiger partial charge in [0, 0.05) is 19.0 Å². The molecule has 1 aromatic heterocycles. The van der Waals surface area contributed by atoms with Crippen LogP contribution in [0.3, 0.4) is 0 Å². The first-order chi connectivity index (χ1) is 11.8. The summed E-state index contributed by atoms with van der Waals surface area (Å²) in [5.41, 5.74) is 1.07. The van der Waals surface area contributed by atoms with Crippen LogP contribution in [0.25, 0.3) is 10.2 Å². The number of hydrogen-bond acceptors (Lipinski definition) is 4. The van der Waals surface area contributed by atoms with Crippen molar-refractivity contribution in [2.75, 3.05) is 19.6 Å². The third kappa shape index (κ3) is 4.54. The molecule has 1 atom stereocenters. The number of nitrogens with one attached hydrogen (secondary N) is 1. The van der Waals surface area contributed by atoms with E-state index in [-0.39, 0.29) is 5.91 Å². The summed E-state index contributed by atoms with van der Waals surface area (Å²) in [6, 6.07) is 8.71. The first-order valence-corrected chi connectivity index (χ1v) is 9.93. The van der Waals surface area contributed by atoms with Crippen LogP contribution in [0.15, 0.2) is 24.3 Å². The molecule has 3 rings (SSSR count). The zero-order valence-corrected chi connectivity index (χ0v) is 15.3. The molecule has 1 amide bonds. The Morgan fingerprint density at radius 2 is 2.12 bits per heavy atom. The number of carbonyl (C=O) groups is 1. The third-order valence-electron chi connectivity index (χ3n) is 4.80. The van der Waals surface area contributed by atoms with Gasteiger partial charge >= 0.3 is 0 Å². The van der Waals surface area contributed by atoms with Crippen molar-refractivity contribution in [3.8, 4) is 0 Å². The van der Waals surface area contributed by atoms with Gasteiger partial charge in [-0.15, -0.1) is 11.3 Å². The van der Waals surface area contributed by atoms with E-state index in [9.17, 15) is 4.79 Å². The fourth-order valence-corrected chi connectivity index (χ4v) is 4.39. The van der Waals surface area contributed by atoms with Crippen molar-refractivity contribution in [2.45, 2.75) is 51.5 Å². The van der Waals surface area contributed by atoms with E-state index in [2.05, 4.69) is 28.2 Å². The maximum absolute atomic E-state index is 12.1. The Hall–Kier alpha value is -1.46. The molecule has 0 spiro atoms. The molecule has 2 heterocycles. The van der Waals surface area contributed by atoms with Crippen molar-refractivity contribution in [3.63, 3.8) is 0 Å². The lowest BCUT2D eigenvalue weighted by atomic mass is 10.2. The van der Waals surface area contributed by atoms with Crippen molar-refractivity contribution in [1.82, 2.24) is 15.2 Å². The number of aromatic nitrogens is 1. The number of likely N-dealkylation sites (tertiary alicyclic amines) is 1. The molecular formula is C19H27N3OS. The van der Waals surface area contributed by atoms with Gasteiger partial charge in [0.25, 0.3) is 0 Å². The molecule has 130 valence electrons. The molecular weight excluding hydrogens is 318 g/mol. The lowest BCUT2D eigenvalue weighted by Gasteiger charge is -2.26. The summed E-state index contributed by atoms with van der Waals surface area (Å²) in [7, 11) is 0. The predicted octanol–water partition coefficient (Wildman–Crippen LogP) is 3.61. The van der Waals surface area contributed by atoms with E-state index < -0.39 is 0 Å². The number of fused-ring (bicyclic) bond motifs is 1. The van der Waals surface area contributed by atoms with Crippen LogP contribution in [0, 0.1) is 0 Å². The second kappa shape index (κ2) is 8.58. The Bertz CT molecular complexity index is 630. The molecule has 0 bridgehead atoms. The normalized spacial score (nSPS) is 16.5. The van der Waals surface area contributed by atoms with Crippen molar-refractivity contribution in [2.24, 2.45) is 0 Å². The number of carbonyl (C=O) groups excluding carboxylic acids is 1. The van der Waals surface area contributed by atoms with Crippen LogP contribution in [0.5, 0.6) is 0 Å². The molecule has 5 heteroatoms. The largest absolute Gasteiger partial charge is 0.355 e. The number of thiazole rings is 1. The number of benzene rings is 1. The topological polar surface area (TPSA) is 45.2 Å². The van der Waals surface area contributed by atoms with Crippen LogP contribution in [0.4, 0.5) is 0 Å². The van der Waals surface area contributed by atoms with Crippen LogP contribution in [0.2, 0.25) is 0 Å². The molecule has 1 aliphatic rings. The van der Waals surface area contributed by atoms with Gasteiger partial charge in [-0.1, -0.05) is 19.1 Å². The molecule has 0 radical (unpaired) electrons. The molecule has 1 saturated heterocycles. The van der Waals surface area contributed by atoms with E-state index in [0.717, 1.165) is 36.3 Å². The van der Waals surface area contributed by atoms with Crippen molar-refractivity contribution in [1.29, 1.82) is 0 Å². The number of hydrogen-bond donors (Lipinski definition) is 1. The average molecular weight is 346 g/mol. The molecule has 24 heavy (non-hydrogen) atoms. The van der Waals surface area contributed by atoms with Crippen LogP contribution >= 0.6 is 11.3 Å². The predicted molar refractivity (Wildman–Crippen MR) is 100 cm³/mol. The SMILES string of the molecule is CCC(CNC(=O)CCCc1nc2ccccc2s1)N1CCCC1. The van der Waals surface area contributed by atoms with Gasteiger partial charge in [-0.2, -0.15) is 0 Å². The van der Waals surface area contributed by atoms with E-state index in [4.69, 9.17) is 0 Å². The van der Waals surface area contributed by atoms with E-state index in [0.29, 0.717) is 12.5 Å². The lowest BCUT2D eigenvalue weighted by Crippen LogP contribution is -2.42. The van der Waals surface area contributed by atoms with Gasteiger partial charge in [0.1, 0.15) is 0 Å². The Labute approximate surface area is 148 Å². The van der Waals surface area contributed by atoms with Crippen LogP contribution in [-0.4, -0.2) is 41.5 Å². The minimum atomic E-state index is 0.175. The quantitative estimate of drug-likeness (QED) is 0.795. The highest BCUT2D eigenvalue weighted by molar-refractivity contribution is 7.18. The first kappa shape index (κ1) is 17.4. The first-order valence-electron chi connectivity index (χ1n) is 9.11. The number of rotatable bonds is 8.